The van der Waals surface area contributed by atoms with E-state index in [-0.39, 0.29) is 5.91 Å². The SMILES string of the molecule is C=C(C)COc1ccc(C(=O)NCc2ccccc2)cc1N. The fourth-order valence-corrected chi connectivity index (χ4v) is 1.90. The highest BCUT2D eigenvalue weighted by molar-refractivity contribution is 5.95. The van der Waals surface area contributed by atoms with Gasteiger partial charge in [-0.2, -0.15) is 0 Å². The van der Waals surface area contributed by atoms with Crippen molar-refractivity contribution in [2.75, 3.05) is 12.3 Å². The van der Waals surface area contributed by atoms with Gasteiger partial charge in [-0.05, 0) is 36.3 Å². The molecule has 1 amide bonds. The van der Waals surface area contributed by atoms with E-state index in [9.17, 15) is 4.79 Å². The lowest BCUT2D eigenvalue weighted by atomic mass is 10.1. The molecular formula is C18H20N2O2. The number of anilines is 1. The third-order valence-corrected chi connectivity index (χ3v) is 3.04. The number of nitrogen functional groups attached to an aromatic ring is 1. The van der Waals surface area contributed by atoms with Crippen LogP contribution < -0.4 is 15.8 Å². The molecule has 0 aliphatic rings. The normalized spacial score (nSPS) is 10.0. The van der Waals surface area contributed by atoms with Crippen LogP contribution in [0.3, 0.4) is 0 Å². The first-order valence-electron chi connectivity index (χ1n) is 7.05. The van der Waals surface area contributed by atoms with E-state index in [1.165, 1.54) is 0 Å². The van der Waals surface area contributed by atoms with Crippen LogP contribution in [0.1, 0.15) is 22.8 Å². The molecule has 0 atom stereocenters. The van der Waals surface area contributed by atoms with Crippen LogP contribution in [0.5, 0.6) is 5.75 Å². The zero-order chi connectivity index (χ0) is 15.9. The minimum atomic E-state index is -0.165. The second-order valence-corrected chi connectivity index (χ2v) is 5.17. The molecule has 3 N–H and O–H groups in total. The highest BCUT2D eigenvalue weighted by atomic mass is 16.5. The molecule has 0 radical (unpaired) electrons. The molecule has 22 heavy (non-hydrogen) atoms. The molecule has 0 spiro atoms. The summed E-state index contributed by atoms with van der Waals surface area (Å²) in [6.45, 7) is 6.53. The lowest BCUT2D eigenvalue weighted by molar-refractivity contribution is 0.0951. The second kappa shape index (κ2) is 7.31. The first-order chi connectivity index (χ1) is 10.6. The summed E-state index contributed by atoms with van der Waals surface area (Å²) in [6, 6.07) is 14.8. The number of carbonyl (C=O) groups excluding carboxylic acids is 1. The van der Waals surface area contributed by atoms with Crippen LogP contribution in [-0.2, 0) is 6.54 Å². The van der Waals surface area contributed by atoms with Crippen molar-refractivity contribution >= 4 is 11.6 Å². The number of nitrogens with one attached hydrogen (secondary N) is 1. The first kappa shape index (κ1) is 15.6. The average molecular weight is 296 g/mol. The van der Waals surface area contributed by atoms with Crippen LogP contribution in [0.15, 0.2) is 60.7 Å². The Bertz CT molecular complexity index is 666. The van der Waals surface area contributed by atoms with Gasteiger partial charge in [0.2, 0.25) is 0 Å². The van der Waals surface area contributed by atoms with Gasteiger partial charge in [0.25, 0.3) is 5.91 Å². The molecule has 4 heteroatoms. The molecule has 0 bridgehead atoms. The van der Waals surface area contributed by atoms with Gasteiger partial charge in [0.15, 0.2) is 0 Å². The summed E-state index contributed by atoms with van der Waals surface area (Å²) in [5.41, 5.74) is 8.82. The van der Waals surface area contributed by atoms with E-state index < -0.39 is 0 Å². The van der Waals surface area contributed by atoms with Gasteiger partial charge in [0.1, 0.15) is 12.4 Å². The highest BCUT2D eigenvalue weighted by Crippen LogP contribution is 2.23. The monoisotopic (exact) mass is 296 g/mol. The maximum absolute atomic E-state index is 12.1. The fraction of sp³-hybridized carbons (Fsp3) is 0.167. The average Bonchev–Trinajstić information content (AvgIpc) is 2.52. The van der Waals surface area contributed by atoms with Crippen molar-refractivity contribution < 1.29 is 9.53 Å². The molecule has 114 valence electrons. The van der Waals surface area contributed by atoms with Gasteiger partial charge in [-0.15, -0.1) is 0 Å². The smallest absolute Gasteiger partial charge is 0.251 e. The van der Waals surface area contributed by atoms with Crippen molar-refractivity contribution in [1.82, 2.24) is 5.32 Å². The summed E-state index contributed by atoms with van der Waals surface area (Å²) in [5.74, 6) is 0.393. The summed E-state index contributed by atoms with van der Waals surface area (Å²) >= 11 is 0. The predicted molar refractivity (Wildman–Crippen MR) is 88.8 cm³/mol. The minimum Gasteiger partial charge on any atom is -0.487 e. The Morgan fingerprint density at radius 2 is 1.95 bits per heavy atom. The molecule has 2 rings (SSSR count). The van der Waals surface area contributed by atoms with E-state index in [0.717, 1.165) is 11.1 Å². The van der Waals surface area contributed by atoms with Crippen molar-refractivity contribution in [3.8, 4) is 5.75 Å². The maximum atomic E-state index is 12.1. The molecule has 0 unspecified atom stereocenters. The molecular weight excluding hydrogens is 276 g/mol. The van der Waals surface area contributed by atoms with Crippen molar-refractivity contribution in [1.29, 1.82) is 0 Å². The Kier molecular flexibility index (Phi) is 5.20. The highest BCUT2D eigenvalue weighted by Gasteiger charge is 2.09. The molecule has 0 saturated carbocycles. The van der Waals surface area contributed by atoms with Gasteiger partial charge in [-0.25, -0.2) is 0 Å². The molecule has 0 aliphatic heterocycles. The van der Waals surface area contributed by atoms with E-state index in [2.05, 4.69) is 11.9 Å². The summed E-state index contributed by atoms with van der Waals surface area (Å²) in [5, 5.41) is 2.86. The van der Waals surface area contributed by atoms with E-state index in [1.54, 1.807) is 18.2 Å². The van der Waals surface area contributed by atoms with Crippen molar-refractivity contribution in [2.24, 2.45) is 0 Å². The van der Waals surface area contributed by atoms with E-state index in [4.69, 9.17) is 10.5 Å². The largest absolute Gasteiger partial charge is 0.487 e. The van der Waals surface area contributed by atoms with E-state index in [1.807, 2.05) is 37.3 Å². The summed E-state index contributed by atoms with van der Waals surface area (Å²) in [7, 11) is 0. The van der Waals surface area contributed by atoms with Crippen molar-refractivity contribution in [3.05, 3.63) is 71.8 Å². The third kappa shape index (κ3) is 4.38. The van der Waals surface area contributed by atoms with E-state index >= 15 is 0 Å². The Hall–Kier alpha value is -2.75. The van der Waals surface area contributed by atoms with Crippen molar-refractivity contribution in [3.63, 3.8) is 0 Å². The van der Waals surface area contributed by atoms with Gasteiger partial charge in [-0.1, -0.05) is 36.9 Å². The van der Waals surface area contributed by atoms with Gasteiger partial charge < -0.3 is 15.8 Å². The van der Waals surface area contributed by atoms with Crippen LogP contribution in [0, 0.1) is 0 Å². The quantitative estimate of drug-likeness (QED) is 0.636. The minimum absolute atomic E-state index is 0.165. The van der Waals surface area contributed by atoms with Gasteiger partial charge in [0, 0.05) is 12.1 Å². The fourth-order valence-electron chi connectivity index (χ4n) is 1.90. The number of amides is 1. The third-order valence-electron chi connectivity index (χ3n) is 3.04. The predicted octanol–water partition coefficient (Wildman–Crippen LogP) is 3.15. The molecule has 0 aliphatic carbocycles. The molecule has 0 saturated heterocycles. The Labute approximate surface area is 130 Å². The topological polar surface area (TPSA) is 64.3 Å². The Morgan fingerprint density at radius 3 is 2.59 bits per heavy atom. The summed E-state index contributed by atoms with van der Waals surface area (Å²) in [4.78, 5) is 12.1. The van der Waals surface area contributed by atoms with Crippen LogP contribution >= 0.6 is 0 Å². The van der Waals surface area contributed by atoms with Gasteiger partial charge >= 0.3 is 0 Å². The number of carbonyl (C=O) groups is 1. The van der Waals surface area contributed by atoms with Crippen LogP contribution in [0.4, 0.5) is 5.69 Å². The Balaban J connectivity index is 1.98. The molecule has 0 fully saturated rings. The number of hydrogen-bond acceptors (Lipinski definition) is 3. The molecule has 4 nitrogen and oxygen atoms in total. The number of benzene rings is 2. The molecule has 0 aromatic heterocycles. The summed E-state index contributed by atoms with van der Waals surface area (Å²) in [6.07, 6.45) is 0. The Morgan fingerprint density at radius 1 is 1.23 bits per heavy atom. The maximum Gasteiger partial charge on any atom is 0.251 e. The van der Waals surface area contributed by atoms with Crippen molar-refractivity contribution in [2.45, 2.75) is 13.5 Å². The number of ether oxygens (including phenoxy) is 1. The molecule has 2 aromatic rings. The van der Waals surface area contributed by atoms with Gasteiger partial charge in [0.05, 0.1) is 5.69 Å². The lowest BCUT2D eigenvalue weighted by Gasteiger charge is -2.10. The number of hydrogen-bond donors (Lipinski definition) is 2. The van der Waals surface area contributed by atoms with Crippen LogP contribution in [0.25, 0.3) is 0 Å². The molecule has 0 heterocycles. The van der Waals surface area contributed by atoms with Gasteiger partial charge in [-0.3, -0.25) is 4.79 Å². The number of rotatable bonds is 6. The lowest BCUT2D eigenvalue weighted by Crippen LogP contribution is -2.22. The standard InChI is InChI=1S/C18H20N2O2/c1-13(2)12-22-17-9-8-15(10-16(17)19)18(21)20-11-14-6-4-3-5-7-14/h3-10H,1,11-12,19H2,2H3,(H,20,21). The number of nitrogens with two attached hydrogens (primary N) is 1. The summed E-state index contributed by atoms with van der Waals surface area (Å²) < 4.78 is 5.51. The molecule has 2 aromatic carbocycles. The zero-order valence-electron chi connectivity index (χ0n) is 12.6. The van der Waals surface area contributed by atoms with Crippen LogP contribution in [0.2, 0.25) is 0 Å². The second-order valence-electron chi connectivity index (χ2n) is 5.17. The van der Waals surface area contributed by atoms with E-state index in [0.29, 0.717) is 30.2 Å². The zero-order valence-corrected chi connectivity index (χ0v) is 12.6. The van der Waals surface area contributed by atoms with Crippen LogP contribution in [-0.4, -0.2) is 12.5 Å². The first-order valence-corrected chi connectivity index (χ1v) is 7.05.